The van der Waals surface area contributed by atoms with Gasteiger partial charge in [0.25, 0.3) is 0 Å². The predicted molar refractivity (Wildman–Crippen MR) is 118 cm³/mol. The molecular weight excluding hydrogens is 375 g/mol. The lowest BCUT2D eigenvalue weighted by Gasteiger charge is -2.32. The molecule has 3 unspecified atom stereocenters. The van der Waals surface area contributed by atoms with Crippen molar-refractivity contribution in [2.45, 2.75) is 11.8 Å². The van der Waals surface area contributed by atoms with Gasteiger partial charge in [-0.1, -0.05) is 59.2 Å². The van der Waals surface area contributed by atoms with Crippen molar-refractivity contribution in [1.82, 2.24) is 9.55 Å². The maximum absolute atomic E-state index is 13.2. The number of allylic oxidation sites excluding steroid dienone is 4. The van der Waals surface area contributed by atoms with E-state index in [4.69, 9.17) is 4.98 Å². The molecule has 0 amide bonds. The number of nitrogens with zero attached hydrogens (tertiary/aromatic N) is 2. The minimum Gasteiger partial charge on any atom is -0.295 e. The molecule has 2 aliphatic rings. The number of fused-ring (bicyclic) bond motifs is 8. The van der Waals surface area contributed by atoms with Crippen molar-refractivity contribution in [2.24, 2.45) is 0 Å². The smallest absolute Gasteiger partial charge is 0.295 e. The molecule has 2 heterocycles. The van der Waals surface area contributed by atoms with Crippen molar-refractivity contribution >= 4 is 29.4 Å². The Morgan fingerprint density at radius 2 is 1.55 bits per heavy atom. The first kappa shape index (κ1) is 16.6. The molecule has 29 heavy (non-hydrogen) atoms. The highest BCUT2D eigenvalue weighted by molar-refractivity contribution is 7.61. The predicted octanol–water partition coefficient (Wildman–Crippen LogP) is 5.11. The molecule has 1 aromatic heterocycles. The van der Waals surface area contributed by atoms with Crippen molar-refractivity contribution in [3.05, 3.63) is 108 Å². The highest BCUT2D eigenvalue weighted by Gasteiger charge is 2.36. The number of rotatable bonds is 2. The van der Waals surface area contributed by atoms with Crippen LogP contribution in [-0.2, 0) is 4.57 Å². The van der Waals surface area contributed by atoms with Crippen LogP contribution in [0.1, 0.15) is 23.2 Å². The van der Waals surface area contributed by atoms with Crippen LogP contribution in [-0.4, -0.2) is 9.55 Å². The molecule has 0 saturated heterocycles. The average molecular weight is 393 g/mol. The second kappa shape index (κ2) is 6.37. The first-order valence-electron chi connectivity index (χ1n) is 9.80. The van der Waals surface area contributed by atoms with E-state index in [0.29, 0.717) is 0 Å². The van der Waals surface area contributed by atoms with Gasteiger partial charge in [0.05, 0.1) is 16.7 Å². The SMILES string of the molecule is O=[P+](c1ccccc1)c1ccc2c(c1)C1C=CC=CC1c1nc3ccccc3n1-2. The molecular formula is C25H18N2OP+. The zero-order valence-electron chi connectivity index (χ0n) is 15.6. The number of hydrogen-bond donors (Lipinski definition) is 0. The fourth-order valence-corrected chi connectivity index (χ4v) is 5.73. The topological polar surface area (TPSA) is 34.9 Å². The van der Waals surface area contributed by atoms with Gasteiger partial charge in [-0.25, -0.2) is 4.98 Å². The molecule has 4 aromatic rings. The number of hydrogen-bond acceptors (Lipinski definition) is 2. The van der Waals surface area contributed by atoms with Gasteiger partial charge < -0.3 is 0 Å². The van der Waals surface area contributed by atoms with Crippen LogP contribution in [0.5, 0.6) is 0 Å². The molecule has 1 aliphatic carbocycles. The van der Waals surface area contributed by atoms with E-state index in [1.807, 2.05) is 42.5 Å². The minimum absolute atomic E-state index is 0.185. The number of imidazole rings is 1. The molecule has 1 aliphatic heterocycles. The number of para-hydroxylation sites is 2. The molecule has 0 radical (unpaired) electrons. The Morgan fingerprint density at radius 3 is 2.41 bits per heavy atom. The summed E-state index contributed by atoms with van der Waals surface area (Å²) < 4.78 is 15.5. The third-order valence-electron chi connectivity index (χ3n) is 5.86. The summed E-state index contributed by atoms with van der Waals surface area (Å²) in [6.07, 6.45) is 8.68. The van der Waals surface area contributed by atoms with Crippen molar-refractivity contribution in [3.63, 3.8) is 0 Å². The van der Waals surface area contributed by atoms with Gasteiger partial charge in [-0.3, -0.25) is 4.57 Å². The summed E-state index contributed by atoms with van der Waals surface area (Å²) in [6, 6.07) is 24.2. The molecule has 0 N–H and O–H groups in total. The standard InChI is InChI=1S/C25H18N2OP/c28-29(17-8-2-1-3-9-17)18-14-15-23-21(16-18)19-10-4-5-11-20(19)25-26-22-12-6-7-13-24(22)27(23)25/h1-16,19-20H/q+1. The van der Waals surface area contributed by atoms with Gasteiger partial charge >= 0.3 is 7.80 Å². The maximum Gasteiger partial charge on any atom is 0.415 e. The van der Waals surface area contributed by atoms with Gasteiger partial charge in [0.15, 0.2) is 10.6 Å². The van der Waals surface area contributed by atoms with Crippen LogP contribution in [0.25, 0.3) is 16.7 Å². The van der Waals surface area contributed by atoms with Gasteiger partial charge in [-0.2, -0.15) is 0 Å². The van der Waals surface area contributed by atoms with Gasteiger partial charge in [-0.15, -0.1) is 0 Å². The van der Waals surface area contributed by atoms with Crippen LogP contribution in [0.4, 0.5) is 0 Å². The van der Waals surface area contributed by atoms with Gasteiger partial charge in [0, 0.05) is 11.8 Å². The Bertz CT molecular complexity index is 1330. The van der Waals surface area contributed by atoms with E-state index in [-0.39, 0.29) is 11.8 Å². The molecule has 0 fully saturated rings. The summed E-state index contributed by atoms with van der Waals surface area (Å²) in [6.45, 7) is 0. The third-order valence-corrected chi connectivity index (χ3v) is 7.37. The van der Waals surface area contributed by atoms with Crippen LogP contribution in [0.3, 0.4) is 0 Å². The Kier molecular flexibility index (Phi) is 3.65. The molecule has 0 spiro atoms. The lowest BCUT2D eigenvalue weighted by atomic mass is 9.79. The van der Waals surface area contributed by atoms with E-state index >= 15 is 0 Å². The molecule has 3 aromatic carbocycles. The van der Waals surface area contributed by atoms with Crippen molar-refractivity contribution < 1.29 is 4.57 Å². The molecule has 138 valence electrons. The van der Waals surface area contributed by atoms with Crippen LogP contribution < -0.4 is 10.6 Å². The first-order chi connectivity index (χ1) is 14.3. The van der Waals surface area contributed by atoms with Crippen LogP contribution >= 0.6 is 7.80 Å². The lowest BCUT2D eigenvalue weighted by Crippen LogP contribution is -2.23. The number of aromatic nitrogens is 2. The van der Waals surface area contributed by atoms with Gasteiger partial charge in [-0.05, 0) is 48.0 Å². The second-order valence-corrected chi connectivity index (χ2v) is 9.11. The van der Waals surface area contributed by atoms with Crippen molar-refractivity contribution in [3.8, 4) is 5.69 Å². The lowest BCUT2D eigenvalue weighted by molar-refractivity contribution is 0.598. The second-order valence-electron chi connectivity index (χ2n) is 7.49. The summed E-state index contributed by atoms with van der Waals surface area (Å²) in [7, 11) is -1.62. The van der Waals surface area contributed by atoms with Crippen LogP contribution in [0, 0.1) is 0 Å². The van der Waals surface area contributed by atoms with E-state index in [9.17, 15) is 4.57 Å². The Balaban J connectivity index is 1.58. The molecule has 0 saturated carbocycles. The maximum atomic E-state index is 13.2. The van der Waals surface area contributed by atoms with E-state index in [1.165, 1.54) is 5.56 Å². The van der Waals surface area contributed by atoms with Crippen LogP contribution in [0.15, 0.2) is 97.1 Å². The molecule has 3 nitrogen and oxygen atoms in total. The van der Waals surface area contributed by atoms with Gasteiger partial charge in [0.1, 0.15) is 5.82 Å². The van der Waals surface area contributed by atoms with E-state index < -0.39 is 7.80 Å². The Hall–Kier alpha value is -3.29. The molecule has 6 rings (SSSR count). The third kappa shape index (κ3) is 2.48. The average Bonchev–Trinajstić information content (AvgIpc) is 3.19. The largest absolute Gasteiger partial charge is 0.415 e. The molecule has 4 heteroatoms. The summed E-state index contributed by atoms with van der Waals surface area (Å²) in [4.78, 5) is 4.96. The van der Waals surface area contributed by atoms with E-state index in [0.717, 1.165) is 33.2 Å². The van der Waals surface area contributed by atoms with Gasteiger partial charge in [0.2, 0.25) is 0 Å². The van der Waals surface area contributed by atoms with Crippen molar-refractivity contribution in [2.75, 3.05) is 0 Å². The summed E-state index contributed by atoms with van der Waals surface area (Å²) in [5.74, 6) is 1.47. The normalized spacial score (nSPS) is 19.5. The van der Waals surface area contributed by atoms with E-state index in [2.05, 4.69) is 59.2 Å². The zero-order chi connectivity index (χ0) is 19.4. The molecule has 0 bridgehead atoms. The monoisotopic (exact) mass is 393 g/mol. The highest BCUT2D eigenvalue weighted by atomic mass is 31.1. The Morgan fingerprint density at radius 1 is 0.793 bits per heavy atom. The fraction of sp³-hybridized carbons (Fsp3) is 0.0800. The summed E-state index contributed by atoms with van der Waals surface area (Å²) >= 11 is 0. The van der Waals surface area contributed by atoms with Crippen molar-refractivity contribution in [1.29, 1.82) is 0 Å². The van der Waals surface area contributed by atoms with E-state index in [1.54, 1.807) is 0 Å². The summed E-state index contributed by atoms with van der Waals surface area (Å²) in [5.41, 5.74) is 4.47. The highest BCUT2D eigenvalue weighted by Crippen LogP contribution is 2.46. The molecule has 3 atom stereocenters. The number of benzene rings is 3. The zero-order valence-corrected chi connectivity index (χ0v) is 16.5. The quantitative estimate of drug-likeness (QED) is 0.444. The first-order valence-corrected chi connectivity index (χ1v) is 11.1. The fourth-order valence-electron chi connectivity index (χ4n) is 4.52. The summed E-state index contributed by atoms with van der Waals surface area (Å²) in [5, 5.41) is 1.74. The van der Waals surface area contributed by atoms with Crippen LogP contribution in [0.2, 0.25) is 0 Å². The minimum atomic E-state index is -1.62. The Labute approximate surface area is 169 Å².